The van der Waals surface area contributed by atoms with Crippen molar-refractivity contribution in [2.75, 3.05) is 12.4 Å². The minimum absolute atomic E-state index is 0.0340. The Hall–Kier alpha value is -2.04. The molecule has 3 amide bonds. The Morgan fingerprint density at radius 1 is 1.17 bits per heavy atom. The minimum Gasteiger partial charge on any atom is -0.359 e. The zero-order chi connectivity index (χ0) is 13.5. The highest BCUT2D eigenvalue weighted by Gasteiger charge is 2.04. The quantitative estimate of drug-likeness (QED) is 0.757. The van der Waals surface area contributed by atoms with Crippen LogP contribution in [0.15, 0.2) is 24.3 Å². The Morgan fingerprint density at radius 2 is 1.78 bits per heavy atom. The zero-order valence-corrected chi connectivity index (χ0v) is 10.9. The smallest absolute Gasteiger partial charge is 0.319 e. The van der Waals surface area contributed by atoms with Crippen LogP contribution >= 0.6 is 0 Å². The van der Waals surface area contributed by atoms with Gasteiger partial charge < -0.3 is 16.0 Å². The van der Waals surface area contributed by atoms with Crippen LogP contribution in [0.4, 0.5) is 10.5 Å². The molecule has 0 heterocycles. The number of anilines is 1. The summed E-state index contributed by atoms with van der Waals surface area (Å²) in [4.78, 5) is 22.6. The van der Waals surface area contributed by atoms with Crippen LogP contribution in [0.2, 0.25) is 0 Å². The van der Waals surface area contributed by atoms with E-state index in [1.165, 1.54) is 0 Å². The molecule has 1 rings (SSSR count). The molecule has 1 aromatic carbocycles. The molecule has 0 aliphatic rings. The van der Waals surface area contributed by atoms with Crippen LogP contribution in [0.1, 0.15) is 19.4 Å². The summed E-state index contributed by atoms with van der Waals surface area (Å²) in [6, 6.07) is 7.05. The number of rotatable bonds is 4. The van der Waals surface area contributed by atoms with Crippen LogP contribution in [0, 0.1) is 0 Å². The molecular weight excluding hydrogens is 230 g/mol. The number of hydrogen-bond donors (Lipinski definition) is 3. The fraction of sp³-hybridized carbons (Fsp3) is 0.385. The number of carbonyl (C=O) groups excluding carboxylic acids is 2. The number of carbonyl (C=O) groups is 2. The van der Waals surface area contributed by atoms with Crippen molar-refractivity contribution in [3.8, 4) is 0 Å². The third-order valence-electron chi connectivity index (χ3n) is 2.28. The number of hydrogen-bond acceptors (Lipinski definition) is 2. The molecule has 3 N–H and O–H groups in total. The van der Waals surface area contributed by atoms with Gasteiger partial charge in [0, 0.05) is 18.8 Å². The summed E-state index contributed by atoms with van der Waals surface area (Å²) in [5.74, 6) is -0.0340. The molecule has 0 saturated heterocycles. The summed E-state index contributed by atoms with van der Waals surface area (Å²) in [7, 11) is 1.61. The molecule has 0 radical (unpaired) electrons. The number of likely N-dealkylation sites (N-methyl/N-ethyl adjacent to an activating group) is 1. The molecule has 0 saturated carbocycles. The summed E-state index contributed by atoms with van der Waals surface area (Å²) in [6.45, 7) is 3.79. The molecule has 0 aliphatic heterocycles. The standard InChI is InChI=1S/C13H19N3O2/c1-9(2)15-13(18)16-11-6-4-10(5-7-11)8-12(17)14-3/h4-7,9H,8H2,1-3H3,(H,14,17)(H2,15,16,18). The lowest BCUT2D eigenvalue weighted by Crippen LogP contribution is -2.34. The molecule has 0 aliphatic carbocycles. The van der Waals surface area contributed by atoms with Crippen molar-refractivity contribution in [2.45, 2.75) is 26.3 Å². The van der Waals surface area contributed by atoms with Crippen LogP contribution < -0.4 is 16.0 Å². The van der Waals surface area contributed by atoms with E-state index in [9.17, 15) is 9.59 Å². The molecule has 98 valence electrons. The number of urea groups is 1. The van der Waals surface area contributed by atoms with Crippen LogP contribution in [0.3, 0.4) is 0 Å². The molecule has 18 heavy (non-hydrogen) atoms. The first-order valence-corrected chi connectivity index (χ1v) is 5.88. The lowest BCUT2D eigenvalue weighted by molar-refractivity contribution is -0.119. The van der Waals surface area contributed by atoms with E-state index in [4.69, 9.17) is 0 Å². The molecule has 0 aromatic heterocycles. The second-order valence-electron chi connectivity index (χ2n) is 4.30. The van der Waals surface area contributed by atoms with E-state index in [0.29, 0.717) is 12.1 Å². The van der Waals surface area contributed by atoms with Crippen LogP contribution in [0.25, 0.3) is 0 Å². The highest BCUT2D eigenvalue weighted by Crippen LogP contribution is 2.10. The number of amides is 3. The molecule has 5 heteroatoms. The van der Waals surface area contributed by atoms with Crippen LogP contribution in [-0.4, -0.2) is 25.0 Å². The highest BCUT2D eigenvalue weighted by atomic mass is 16.2. The largest absolute Gasteiger partial charge is 0.359 e. The molecule has 0 atom stereocenters. The van der Waals surface area contributed by atoms with Crippen molar-refractivity contribution < 1.29 is 9.59 Å². The lowest BCUT2D eigenvalue weighted by Gasteiger charge is -2.10. The van der Waals surface area contributed by atoms with Crippen molar-refractivity contribution >= 4 is 17.6 Å². The van der Waals surface area contributed by atoms with Gasteiger partial charge in [-0.15, -0.1) is 0 Å². The van der Waals surface area contributed by atoms with Crippen LogP contribution in [0.5, 0.6) is 0 Å². The van der Waals surface area contributed by atoms with Gasteiger partial charge in [0.2, 0.25) is 5.91 Å². The molecule has 0 spiro atoms. The normalized spacial score (nSPS) is 10.0. The van der Waals surface area contributed by atoms with Crippen LogP contribution in [-0.2, 0) is 11.2 Å². The SMILES string of the molecule is CNC(=O)Cc1ccc(NC(=O)NC(C)C)cc1. The molecule has 0 bridgehead atoms. The van der Waals surface area contributed by atoms with Gasteiger partial charge in [-0.05, 0) is 31.5 Å². The van der Waals surface area contributed by atoms with Gasteiger partial charge in [-0.1, -0.05) is 12.1 Å². The van der Waals surface area contributed by atoms with Crippen molar-refractivity contribution in [3.05, 3.63) is 29.8 Å². The van der Waals surface area contributed by atoms with Crippen molar-refractivity contribution in [1.82, 2.24) is 10.6 Å². The zero-order valence-electron chi connectivity index (χ0n) is 10.9. The van der Waals surface area contributed by atoms with Gasteiger partial charge in [-0.2, -0.15) is 0 Å². The average Bonchev–Trinajstić information content (AvgIpc) is 2.30. The summed E-state index contributed by atoms with van der Waals surface area (Å²) in [6.07, 6.45) is 0.342. The maximum absolute atomic E-state index is 11.4. The second-order valence-corrected chi connectivity index (χ2v) is 4.30. The Morgan fingerprint density at radius 3 is 2.28 bits per heavy atom. The molecule has 1 aromatic rings. The highest BCUT2D eigenvalue weighted by molar-refractivity contribution is 5.89. The summed E-state index contributed by atoms with van der Waals surface area (Å²) < 4.78 is 0. The molecular formula is C13H19N3O2. The van der Waals surface area contributed by atoms with E-state index in [1.54, 1.807) is 19.2 Å². The topological polar surface area (TPSA) is 70.2 Å². The van der Waals surface area contributed by atoms with Crippen molar-refractivity contribution in [1.29, 1.82) is 0 Å². The van der Waals surface area contributed by atoms with Gasteiger partial charge in [-0.3, -0.25) is 4.79 Å². The van der Waals surface area contributed by atoms with E-state index in [0.717, 1.165) is 5.56 Å². The third-order valence-corrected chi connectivity index (χ3v) is 2.28. The Balaban J connectivity index is 2.55. The maximum Gasteiger partial charge on any atom is 0.319 e. The predicted octanol–water partition coefficient (Wildman–Crippen LogP) is 1.50. The molecule has 0 fully saturated rings. The first-order chi connectivity index (χ1) is 8.51. The van der Waals surface area contributed by atoms with Gasteiger partial charge in [0.25, 0.3) is 0 Å². The summed E-state index contributed by atoms with van der Waals surface area (Å²) in [5.41, 5.74) is 1.61. The fourth-order valence-corrected chi connectivity index (χ4v) is 1.41. The summed E-state index contributed by atoms with van der Waals surface area (Å²) in [5, 5.41) is 8.01. The lowest BCUT2D eigenvalue weighted by atomic mass is 10.1. The maximum atomic E-state index is 11.4. The third kappa shape index (κ3) is 4.86. The van der Waals surface area contributed by atoms with Gasteiger partial charge in [0.1, 0.15) is 0 Å². The Labute approximate surface area is 107 Å². The Bertz CT molecular complexity index is 413. The summed E-state index contributed by atoms with van der Waals surface area (Å²) >= 11 is 0. The monoisotopic (exact) mass is 249 g/mol. The second kappa shape index (κ2) is 6.64. The molecule has 5 nitrogen and oxygen atoms in total. The fourth-order valence-electron chi connectivity index (χ4n) is 1.41. The minimum atomic E-state index is -0.232. The van der Waals surface area contributed by atoms with Gasteiger partial charge in [0.15, 0.2) is 0 Å². The molecule has 0 unspecified atom stereocenters. The van der Waals surface area contributed by atoms with Gasteiger partial charge in [0.05, 0.1) is 6.42 Å². The average molecular weight is 249 g/mol. The van der Waals surface area contributed by atoms with Crippen molar-refractivity contribution in [2.24, 2.45) is 0 Å². The van der Waals surface area contributed by atoms with Gasteiger partial charge in [-0.25, -0.2) is 4.79 Å². The number of nitrogens with one attached hydrogen (secondary N) is 3. The van der Waals surface area contributed by atoms with E-state index < -0.39 is 0 Å². The van der Waals surface area contributed by atoms with E-state index in [2.05, 4.69) is 16.0 Å². The van der Waals surface area contributed by atoms with Crippen molar-refractivity contribution in [3.63, 3.8) is 0 Å². The number of benzene rings is 1. The predicted molar refractivity (Wildman–Crippen MR) is 71.5 cm³/mol. The van der Waals surface area contributed by atoms with E-state index in [1.807, 2.05) is 26.0 Å². The first-order valence-electron chi connectivity index (χ1n) is 5.88. The van der Waals surface area contributed by atoms with E-state index in [-0.39, 0.29) is 18.0 Å². The van der Waals surface area contributed by atoms with Gasteiger partial charge >= 0.3 is 6.03 Å². The Kier molecular flexibility index (Phi) is 5.17. The van der Waals surface area contributed by atoms with E-state index >= 15 is 0 Å². The first kappa shape index (κ1) is 14.0.